The zero-order valence-electron chi connectivity index (χ0n) is 8.32. The molecule has 0 N–H and O–H groups in total. The van der Waals surface area contributed by atoms with Crippen LogP contribution in [0.25, 0.3) is 11.1 Å². The Labute approximate surface area is 87.7 Å². The number of aryl methyl sites for hydroxylation is 1. The fourth-order valence-corrected chi connectivity index (χ4v) is 1.48. The number of benzene rings is 1. The number of hydrogen-bond donors (Lipinski definition) is 0. The Morgan fingerprint density at radius 3 is 2.53 bits per heavy atom. The van der Waals surface area contributed by atoms with Gasteiger partial charge in [-0.05, 0) is 24.0 Å². The molecule has 2 aromatic rings. The lowest BCUT2D eigenvalue weighted by atomic mass is 10.0. The molecule has 2 nitrogen and oxygen atoms in total. The normalized spacial score (nSPS) is 10.5. The van der Waals surface area contributed by atoms with Gasteiger partial charge in [-0.2, -0.15) is 0 Å². The van der Waals surface area contributed by atoms with E-state index in [0.29, 0.717) is 6.42 Å². The summed E-state index contributed by atoms with van der Waals surface area (Å²) in [4.78, 5) is 0. The molecular weight excluding hydrogens is 193 g/mol. The Balaban J connectivity index is 2.11. The topological polar surface area (TPSA) is 26.0 Å². The molecule has 0 atom stereocenters. The van der Waals surface area contributed by atoms with Gasteiger partial charge < -0.3 is 4.52 Å². The molecule has 0 aliphatic rings. The van der Waals surface area contributed by atoms with Gasteiger partial charge in [-0.1, -0.05) is 29.4 Å². The van der Waals surface area contributed by atoms with Crippen LogP contribution in [-0.4, -0.2) is 11.8 Å². The van der Waals surface area contributed by atoms with Gasteiger partial charge in [-0.3, -0.25) is 4.39 Å². The van der Waals surface area contributed by atoms with Gasteiger partial charge in [0.1, 0.15) is 6.26 Å². The maximum Gasteiger partial charge on any atom is 0.131 e. The summed E-state index contributed by atoms with van der Waals surface area (Å²) in [5, 5.41) is 3.65. The molecule has 0 saturated heterocycles. The third kappa shape index (κ3) is 2.43. The first-order valence-electron chi connectivity index (χ1n) is 4.95. The molecule has 15 heavy (non-hydrogen) atoms. The fraction of sp³-hybridized carbons (Fsp3) is 0.250. The zero-order valence-corrected chi connectivity index (χ0v) is 8.32. The molecule has 0 aliphatic heterocycles. The van der Waals surface area contributed by atoms with E-state index in [0.717, 1.165) is 23.1 Å². The Kier molecular flexibility index (Phi) is 3.12. The highest BCUT2D eigenvalue weighted by Crippen LogP contribution is 2.19. The maximum atomic E-state index is 12.0. The molecule has 0 saturated carbocycles. The van der Waals surface area contributed by atoms with Crippen LogP contribution in [0.2, 0.25) is 0 Å². The van der Waals surface area contributed by atoms with Crippen molar-refractivity contribution in [2.45, 2.75) is 12.8 Å². The van der Waals surface area contributed by atoms with Crippen molar-refractivity contribution in [3.05, 3.63) is 42.3 Å². The molecule has 0 spiro atoms. The average Bonchev–Trinajstić information content (AvgIpc) is 2.80. The lowest BCUT2D eigenvalue weighted by Crippen LogP contribution is -1.86. The first-order valence-corrected chi connectivity index (χ1v) is 4.95. The second-order valence-electron chi connectivity index (χ2n) is 3.40. The summed E-state index contributed by atoms with van der Waals surface area (Å²) in [6.45, 7) is -0.257. The van der Waals surface area contributed by atoms with Gasteiger partial charge >= 0.3 is 0 Å². The summed E-state index contributed by atoms with van der Waals surface area (Å²) in [6, 6.07) is 8.02. The van der Waals surface area contributed by atoms with Crippen LogP contribution in [0.5, 0.6) is 0 Å². The average molecular weight is 205 g/mol. The highest BCUT2D eigenvalue weighted by atomic mass is 19.1. The van der Waals surface area contributed by atoms with Crippen LogP contribution in [0.4, 0.5) is 4.39 Å². The van der Waals surface area contributed by atoms with Gasteiger partial charge in [-0.25, -0.2) is 0 Å². The standard InChI is InChI=1S/C12H12FNO/c13-7-1-2-10-3-5-11(6-4-10)12-8-14-15-9-12/h3-6,8-9H,1-2,7H2. The number of alkyl halides is 1. The highest BCUT2D eigenvalue weighted by Gasteiger charge is 1.99. The molecule has 0 fully saturated rings. The van der Waals surface area contributed by atoms with Crippen molar-refractivity contribution in [3.63, 3.8) is 0 Å². The summed E-state index contributed by atoms with van der Waals surface area (Å²) >= 11 is 0. The molecule has 0 bridgehead atoms. The molecule has 3 heteroatoms. The van der Waals surface area contributed by atoms with E-state index >= 15 is 0 Å². The van der Waals surface area contributed by atoms with Gasteiger partial charge in [-0.15, -0.1) is 0 Å². The molecule has 0 amide bonds. The molecule has 1 aromatic carbocycles. The Morgan fingerprint density at radius 1 is 1.13 bits per heavy atom. The van der Waals surface area contributed by atoms with E-state index in [2.05, 4.69) is 5.16 Å². The van der Waals surface area contributed by atoms with Crippen LogP contribution in [0.15, 0.2) is 41.2 Å². The highest BCUT2D eigenvalue weighted by molar-refractivity contribution is 5.61. The molecule has 0 aliphatic carbocycles. The molecule has 78 valence electrons. The summed E-state index contributed by atoms with van der Waals surface area (Å²) in [5.74, 6) is 0. The first-order chi connectivity index (χ1) is 7.40. The second-order valence-corrected chi connectivity index (χ2v) is 3.40. The van der Waals surface area contributed by atoms with Gasteiger partial charge in [0.05, 0.1) is 12.9 Å². The predicted molar refractivity (Wildman–Crippen MR) is 56.2 cm³/mol. The van der Waals surface area contributed by atoms with Crippen molar-refractivity contribution in [1.29, 1.82) is 0 Å². The van der Waals surface area contributed by atoms with E-state index in [1.807, 2.05) is 24.3 Å². The van der Waals surface area contributed by atoms with Gasteiger partial charge in [0.25, 0.3) is 0 Å². The summed E-state index contributed by atoms with van der Waals surface area (Å²) in [5.41, 5.74) is 3.19. The minimum Gasteiger partial charge on any atom is -0.364 e. The van der Waals surface area contributed by atoms with Crippen molar-refractivity contribution in [2.24, 2.45) is 0 Å². The summed E-state index contributed by atoms with van der Waals surface area (Å²) in [6.07, 6.45) is 4.67. The Morgan fingerprint density at radius 2 is 1.93 bits per heavy atom. The van der Waals surface area contributed by atoms with Gasteiger partial charge in [0, 0.05) is 5.56 Å². The monoisotopic (exact) mass is 205 g/mol. The van der Waals surface area contributed by atoms with Gasteiger partial charge in [0.15, 0.2) is 0 Å². The fourth-order valence-electron chi connectivity index (χ4n) is 1.48. The SMILES string of the molecule is FCCCc1ccc(-c2cnoc2)cc1. The minimum atomic E-state index is -0.257. The van der Waals surface area contributed by atoms with Gasteiger partial charge in [0.2, 0.25) is 0 Å². The number of rotatable bonds is 4. The first kappa shape index (κ1) is 9.90. The van der Waals surface area contributed by atoms with Crippen molar-refractivity contribution < 1.29 is 8.91 Å². The third-order valence-electron chi connectivity index (χ3n) is 2.32. The lowest BCUT2D eigenvalue weighted by Gasteiger charge is -2.00. The Hall–Kier alpha value is -1.64. The Bertz CT molecular complexity index is 394. The third-order valence-corrected chi connectivity index (χ3v) is 2.32. The molecule has 1 aromatic heterocycles. The second kappa shape index (κ2) is 4.73. The van der Waals surface area contributed by atoms with Crippen LogP contribution < -0.4 is 0 Å². The smallest absolute Gasteiger partial charge is 0.131 e. The maximum absolute atomic E-state index is 12.0. The zero-order chi connectivity index (χ0) is 10.5. The van der Waals surface area contributed by atoms with E-state index in [1.54, 1.807) is 12.5 Å². The quantitative estimate of drug-likeness (QED) is 0.765. The van der Waals surface area contributed by atoms with Crippen LogP contribution in [0.1, 0.15) is 12.0 Å². The predicted octanol–water partition coefficient (Wildman–Crippen LogP) is 3.24. The molecular formula is C12H12FNO. The van der Waals surface area contributed by atoms with Crippen LogP contribution in [0, 0.1) is 0 Å². The van der Waals surface area contributed by atoms with E-state index in [-0.39, 0.29) is 6.67 Å². The van der Waals surface area contributed by atoms with E-state index in [1.165, 1.54) is 0 Å². The van der Waals surface area contributed by atoms with Crippen molar-refractivity contribution in [3.8, 4) is 11.1 Å². The number of nitrogens with zero attached hydrogens (tertiary/aromatic N) is 1. The van der Waals surface area contributed by atoms with E-state index in [4.69, 9.17) is 4.52 Å². The molecule has 0 radical (unpaired) electrons. The minimum absolute atomic E-state index is 0.257. The largest absolute Gasteiger partial charge is 0.364 e. The number of hydrogen-bond acceptors (Lipinski definition) is 2. The van der Waals surface area contributed by atoms with Crippen molar-refractivity contribution >= 4 is 0 Å². The summed E-state index contributed by atoms with van der Waals surface area (Å²) in [7, 11) is 0. The van der Waals surface area contributed by atoms with Crippen LogP contribution in [-0.2, 0) is 6.42 Å². The molecule has 0 unspecified atom stereocenters. The summed E-state index contributed by atoms with van der Waals surface area (Å²) < 4.78 is 16.7. The van der Waals surface area contributed by atoms with Crippen LogP contribution >= 0.6 is 0 Å². The van der Waals surface area contributed by atoms with Crippen molar-refractivity contribution in [1.82, 2.24) is 5.16 Å². The molecule has 1 heterocycles. The van der Waals surface area contributed by atoms with Crippen molar-refractivity contribution in [2.75, 3.05) is 6.67 Å². The number of aromatic nitrogens is 1. The number of halogens is 1. The lowest BCUT2D eigenvalue weighted by molar-refractivity contribution is 0.420. The van der Waals surface area contributed by atoms with E-state index in [9.17, 15) is 4.39 Å². The van der Waals surface area contributed by atoms with E-state index < -0.39 is 0 Å². The molecule has 2 rings (SSSR count). The van der Waals surface area contributed by atoms with Crippen LogP contribution in [0.3, 0.4) is 0 Å².